The van der Waals surface area contributed by atoms with E-state index in [4.69, 9.17) is 9.47 Å². The summed E-state index contributed by atoms with van der Waals surface area (Å²) < 4.78 is 52.7. The Hall–Kier alpha value is -3.49. The zero-order valence-electron chi connectivity index (χ0n) is 20.3. The minimum atomic E-state index is -4.62. The summed E-state index contributed by atoms with van der Waals surface area (Å²) in [5.74, 6) is 1.04. The summed E-state index contributed by atoms with van der Waals surface area (Å²) in [6.07, 6.45) is 4.01. The van der Waals surface area contributed by atoms with Crippen LogP contribution in [0.1, 0.15) is 57.4 Å². The predicted molar refractivity (Wildman–Crippen MR) is 134 cm³/mol. The van der Waals surface area contributed by atoms with Crippen molar-refractivity contribution >= 4 is 23.1 Å². The Balaban J connectivity index is 1.48. The smallest absolute Gasteiger partial charge is 0.421 e. The van der Waals surface area contributed by atoms with Crippen LogP contribution in [0.25, 0.3) is 0 Å². The highest BCUT2D eigenvalue weighted by Crippen LogP contribution is 2.36. The summed E-state index contributed by atoms with van der Waals surface area (Å²) in [6.45, 7) is 2.60. The van der Waals surface area contributed by atoms with Crippen molar-refractivity contribution in [3.63, 3.8) is 0 Å². The quantitative estimate of drug-likeness (QED) is 0.276. The van der Waals surface area contributed by atoms with Crippen molar-refractivity contribution in [2.75, 3.05) is 17.2 Å². The van der Waals surface area contributed by atoms with Crippen molar-refractivity contribution in [2.24, 2.45) is 0 Å². The summed E-state index contributed by atoms with van der Waals surface area (Å²) in [5.41, 5.74) is 0.118. The first kappa shape index (κ1) is 25.6. The number of alkyl halides is 3. The molecule has 0 amide bonds. The molecule has 9 heteroatoms. The molecule has 2 N–H and O–H groups in total. The van der Waals surface area contributed by atoms with E-state index in [0.717, 1.165) is 37.6 Å². The fraction of sp³-hybridized carbons (Fsp3) is 0.407. The van der Waals surface area contributed by atoms with Gasteiger partial charge in [0.25, 0.3) is 0 Å². The molecule has 6 nitrogen and oxygen atoms in total. The average Bonchev–Trinajstić information content (AvgIpc) is 2.86. The van der Waals surface area contributed by atoms with Gasteiger partial charge in [-0.3, -0.25) is 0 Å². The molecule has 1 saturated carbocycles. The van der Waals surface area contributed by atoms with E-state index in [1.54, 1.807) is 36.4 Å². The van der Waals surface area contributed by atoms with Crippen LogP contribution in [0.3, 0.4) is 0 Å². The maximum absolute atomic E-state index is 13.7. The van der Waals surface area contributed by atoms with Gasteiger partial charge in [0.05, 0.1) is 12.7 Å². The van der Waals surface area contributed by atoms with E-state index in [2.05, 4.69) is 27.5 Å². The third-order valence-corrected chi connectivity index (χ3v) is 5.92. The first-order chi connectivity index (χ1) is 17.4. The third kappa shape index (κ3) is 7.26. The van der Waals surface area contributed by atoms with E-state index in [1.807, 2.05) is 12.1 Å². The van der Waals surface area contributed by atoms with E-state index in [-0.39, 0.29) is 17.9 Å². The first-order valence-electron chi connectivity index (χ1n) is 12.4. The average molecular weight is 501 g/mol. The van der Waals surface area contributed by atoms with Gasteiger partial charge in [-0.25, -0.2) is 4.98 Å². The van der Waals surface area contributed by atoms with E-state index in [1.165, 1.54) is 19.3 Å². The SMILES string of the molecule is CCCCOc1cccc(Nc2nc(Nc3ccc(OC4CCCCC4)cc3)ncc2C(F)(F)F)c1. The van der Waals surface area contributed by atoms with Gasteiger partial charge in [0.1, 0.15) is 22.9 Å². The summed E-state index contributed by atoms with van der Waals surface area (Å²) in [5, 5.41) is 5.76. The lowest BCUT2D eigenvalue weighted by Crippen LogP contribution is -2.19. The molecule has 3 aromatic rings. The number of hydrogen-bond donors (Lipinski definition) is 2. The zero-order valence-corrected chi connectivity index (χ0v) is 20.3. The highest BCUT2D eigenvalue weighted by molar-refractivity contribution is 5.64. The molecule has 1 fully saturated rings. The highest BCUT2D eigenvalue weighted by Gasteiger charge is 2.35. The topological polar surface area (TPSA) is 68.3 Å². The summed E-state index contributed by atoms with van der Waals surface area (Å²) in [4.78, 5) is 8.01. The molecule has 1 aromatic heterocycles. The fourth-order valence-electron chi connectivity index (χ4n) is 4.00. The van der Waals surface area contributed by atoms with Crippen LogP contribution >= 0.6 is 0 Å². The molecule has 0 aliphatic heterocycles. The van der Waals surface area contributed by atoms with Crippen LogP contribution in [-0.4, -0.2) is 22.7 Å². The van der Waals surface area contributed by atoms with Crippen LogP contribution in [0.2, 0.25) is 0 Å². The standard InChI is InChI=1S/C27H31F3N4O2/c1-2-3-16-35-23-11-7-8-20(17-23)32-25-24(27(28,29)30)18-31-26(34-25)33-19-12-14-22(15-13-19)36-21-9-5-4-6-10-21/h7-8,11-15,17-18,21H,2-6,9-10,16H2,1H3,(H2,31,32,33,34). The van der Waals surface area contributed by atoms with Gasteiger partial charge in [0, 0.05) is 23.6 Å². The number of rotatable bonds is 10. The van der Waals surface area contributed by atoms with Gasteiger partial charge in [-0.2, -0.15) is 18.2 Å². The molecule has 0 bridgehead atoms. The number of ether oxygens (including phenoxy) is 2. The molecule has 1 heterocycles. The Kier molecular flexibility index (Phi) is 8.51. The van der Waals surface area contributed by atoms with Crippen LogP contribution in [0.5, 0.6) is 11.5 Å². The van der Waals surface area contributed by atoms with E-state index >= 15 is 0 Å². The Labute approximate surface area is 209 Å². The van der Waals surface area contributed by atoms with Crippen LogP contribution in [0.15, 0.2) is 54.7 Å². The molecule has 2 aromatic carbocycles. The van der Waals surface area contributed by atoms with E-state index in [0.29, 0.717) is 23.7 Å². The molecule has 4 rings (SSSR count). The molecule has 1 aliphatic carbocycles. The molecule has 0 atom stereocenters. The van der Waals surface area contributed by atoms with Gasteiger partial charge in [-0.05, 0) is 68.5 Å². The largest absolute Gasteiger partial charge is 0.494 e. The zero-order chi connectivity index (χ0) is 25.4. The van der Waals surface area contributed by atoms with Crippen molar-refractivity contribution in [2.45, 2.75) is 64.1 Å². The van der Waals surface area contributed by atoms with Gasteiger partial charge in [0.15, 0.2) is 0 Å². The van der Waals surface area contributed by atoms with E-state index < -0.39 is 11.7 Å². The number of benzene rings is 2. The number of nitrogens with zero attached hydrogens (tertiary/aromatic N) is 2. The predicted octanol–water partition coefficient (Wildman–Crippen LogP) is 7.87. The maximum atomic E-state index is 13.7. The van der Waals surface area contributed by atoms with Crippen molar-refractivity contribution < 1.29 is 22.6 Å². The maximum Gasteiger partial charge on any atom is 0.421 e. The van der Waals surface area contributed by atoms with Crippen molar-refractivity contribution in [1.29, 1.82) is 0 Å². The number of hydrogen-bond acceptors (Lipinski definition) is 6. The second-order valence-electron chi connectivity index (χ2n) is 8.84. The molecular formula is C27H31F3N4O2. The minimum Gasteiger partial charge on any atom is -0.494 e. The summed E-state index contributed by atoms with van der Waals surface area (Å²) in [6, 6.07) is 14.1. The number of anilines is 4. The van der Waals surface area contributed by atoms with Gasteiger partial charge in [-0.1, -0.05) is 25.8 Å². The van der Waals surface area contributed by atoms with Crippen LogP contribution in [-0.2, 0) is 6.18 Å². The van der Waals surface area contributed by atoms with Crippen molar-refractivity contribution in [3.8, 4) is 11.5 Å². The molecule has 0 spiro atoms. The van der Waals surface area contributed by atoms with E-state index in [9.17, 15) is 13.2 Å². The van der Waals surface area contributed by atoms with Gasteiger partial charge in [-0.15, -0.1) is 0 Å². The lowest BCUT2D eigenvalue weighted by molar-refractivity contribution is -0.137. The lowest BCUT2D eigenvalue weighted by Gasteiger charge is -2.23. The molecule has 0 unspecified atom stereocenters. The molecule has 36 heavy (non-hydrogen) atoms. The first-order valence-corrected chi connectivity index (χ1v) is 12.4. The van der Waals surface area contributed by atoms with Crippen LogP contribution < -0.4 is 20.1 Å². The number of aromatic nitrogens is 2. The lowest BCUT2D eigenvalue weighted by atomic mass is 9.98. The van der Waals surface area contributed by atoms with Gasteiger partial charge in [0.2, 0.25) is 5.95 Å². The monoisotopic (exact) mass is 500 g/mol. The number of unbranched alkanes of at least 4 members (excludes halogenated alkanes) is 1. The van der Waals surface area contributed by atoms with Gasteiger partial charge >= 0.3 is 6.18 Å². The molecule has 192 valence electrons. The molecular weight excluding hydrogens is 469 g/mol. The summed E-state index contributed by atoms with van der Waals surface area (Å²) in [7, 11) is 0. The Morgan fingerprint density at radius 2 is 1.72 bits per heavy atom. The fourth-order valence-corrected chi connectivity index (χ4v) is 4.00. The normalized spacial score (nSPS) is 14.3. The summed E-state index contributed by atoms with van der Waals surface area (Å²) >= 11 is 0. The highest BCUT2D eigenvalue weighted by atomic mass is 19.4. The van der Waals surface area contributed by atoms with Crippen LogP contribution in [0, 0.1) is 0 Å². The Morgan fingerprint density at radius 3 is 2.44 bits per heavy atom. The van der Waals surface area contributed by atoms with Crippen LogP contribution in [0.4, 0.5) is 36.3 Å². The molecule has 0 radical (unpaired) electrons. The van der Waals surface area contributed by atoms with Crippen molar-refractivity contribution in [3.05, 3.63) is 60.3 Å². The van der Waals surface area contributed by atoms with Crippen molar-refractivity contribution in [1.82, 2.24) is 9.97 Å². The Morgan fingerprint density at radius 1 is 0.944 bits per heavy atom. The molecule has 1 aliphatic rings. The number of halogens is 3. The number of nitrogens with one attached hydrogen (secondary N) is 2. The second kappa shape index (κ2) is 12.0. The minimum absolute atomic E-state index is 0.0433. The second-order valence-corrected chi connectivity index (χ2v) is 8.84. The molecule has 0 saturated heterocycles. The third-order valence-electron chi connectivity index (χ3n) is 5.92. The van der Waals surface area contributed by atoms with Gasteiger partial charge < -0.3 is 20.1 Å². The Bertz CT molecular complexity index is 1120.